The summed E-state index contributed by atoms with van der Waals surface area (Å²) in [7, 11) is -4.42. The van der Waals surface area contributed by atoms with Gasteiger partial charge in [-0.05, 0) is 122 Å². The molecule has 13 atom stereocenters. The van der Waals surface area contributed by atoms with Crippen LogP contribution >= 0.6 is 0 Å². The van der Waals surface area contributed by atoms with Gasteiger partial charge in [0.1, 0.15) is 29.7 Å². The first-order valence-electron chi connectivity index (χ1n) is 31.4. The van der Waals surface area contributed by atoms with Gasteiger partial charge in [0.15, 0.2) is 17.3 Å². The van der Waals surface area contributed by atoms with Crippen molar-refractivity contribution in [3.63, 3.8) is 0 Å². The molecule has 0 spiro atoms. The molecule has 1 aromatic carbocycles. The highest BCUT2D eigenvalue weighted by molar-refractivity contribution is 7.79. The second-order valence-electron chi connectivity index (χ2n) is 24.1. The maximum atomic E-state index is 14.6. The molecule has 0 bridgehead atoms. The van der Waals surface area contributed by atoms with Gasteiger partial charge < -0.3 is 75.3 Å². The Morgan fingerprint density at radius 2 is 1.19 bits per heavy atom. The number of hydrogen-bond acceptors (Lipinski definition) is 20. The molecule has 90 heavy (non-hydrogen) atoms. The molecule has 29 heteroatoms. The van der Waals surface area contributed by atoms with E-state index in [4.69, 9.17) is 46.2 Å². The number of amides is 6. The van der Waals surface area contributed by atoms with E-state index in [1.807, 2.05) is 13.8 Å². The lowest BCUT2D eigenvalue weighted by molar-refractivity contribution is -0.137. The van der Waals surface area contributed by atoms with Gasteiger partial charge in [0, 0.05) is 68.7 Å². The number of ketones is 5. The Labute approximate surface area is 529 Å². The van der Waals surface area contributed by atoms with Gasteiger partial charge in [-0.15, -0.1) is 8.42 Å². The maximum Gasteiger partial charge on any atom is 0.526 e. The number of nitrogens with one attached hydrogen (secondary N) is 6. The van der Waals surface area contributed by atoms with Crippen molar-refractivity contribution in [1.82, 2.24) is 31.9 Å². The number of carbonyl (C=O) groups is 11. The summed E-state index contributed by atoms with van der Waals surface area (Å²) in [5, 5.41) is 37.8. The van der Waals surface area contributed by atoms with Crippen molar-refractivity contribution in [3.05, 3.63) is 35.9 Å². The quantitative estimate of drug-likeness (QED) is 0.0234. The first-order valence-corrected chi connectivity index (χ1v) is 32.8. The molecule has 6 amide bonds. The Balaban J connectivity index is 0.00000776. The van der Waals surface area contributed by atoms with Crippen LogP contribution in [0.3, 0.4) is 0 Å². The van der Waals surface area contributed by atoms with Crippen molar-refractivity contribution in [2.24, 2.45) is 70.1 Å². The van der Waals surface area contributed by atoms with Crippen molar-refractivity contribution in [3.8, 4) is 0 Å². The van der Waals surface area contributed by atoms with E-state index >= 15 is 0 Å². The van der Waals surface area contributed by atoms with E-state index in [0.717, 1.165) is 19.3 Å². The molecule has 1 aromatic rings. The first-order chi connectivity index (χ1) is 42.3. The zero-order chi connectivity index (χ0) is 68.3. The van der Waals surface area contributed by atoms with Crippen LogP contribution in [0.15, 0.2) is 30.3 Å². The smallest absolute Gasteiger partial charge is 0.393 e. The number of rotatable bonds is 31. The van der Waals surface area contributed by atoms with Gasteiger partial charge in [-0.25, -0.2) is 4.55 Å². The van der Waals surface area contributed by atoms with Gasteiger partial charge in [-0.1, -0.05) is 77.3 Å². The minimum absolute atomic E-state index is 0.0125. The Morgan fingerprint density at radius 3 is 1.70 bits per heavy atom. The molecule has 0 saturated carbocycles. The van der Waals surface area contributed by atoms with E-state index in [-0.39, 0.29) is 115 Å². The van der Waals surface area contributed by atoms with E-state index in [1.165, 1.54) is 13.8 Å². The van der Waals surface area contributed by atoms with Gasteiger partial charge in [-0.2, -0.15) is 0 Å². The highest BCUT2D eigenvalue weighted by Gasteiger charge is 2.38. The van der Waals surface area contributed by atoms with Gasteiger partial charge in [-0.3, -0.25) is 52.7 Å². The molecule has 0 aromatic heterocycles. The molecule has 1 aliphatic rings. The second kappa shape index (κ2) is 43.7. The second-order valence-corrected chi connectivity index (χ2v) is 25.0. The van der Waals surface area contributed by atoms with Gasteiger partial charge in [0.2, 0.25) is 35.4 Å². The summed E-state index contributed by atoms with van der Waals surface area (Å²) in [6.45, 7) is 9.83. The third-order valence-corrected chi connectivity index (χ3v) is 15.8. The van der Waals surface area contributed by atoms with E-state index in [2.05, 4.69) is 45.7 Å². The van der Waals surface area contributed by atoms with Crippen LogP contribution in [0, 0.1) is 41.4 Å². The Morgan fingerprint density at radius 1 is 0.656 bits per heavy atom. The van der Waals surface area contributed by atoms with Gasteiger partial charge >= 0.3 is 10.4 Å². The standard InChI is InChI=1S/C61H103N11O13.H2O4S/c1-7-37(4)13-11-12-16-45(75)31-42(18-24-63)57(81)72-55(39(6)74)54(79)33-43(19-25-64)56(80)70-49-22-28-67-59(83)46(38(5)73)35-51(76)41(17-23-62)32-52(77)47(20-26-65)69-61(85)50(29-36(2)3)71-58(82)44(30-40-14-9-8-10-15-40)34-53(78)48(21-27-66)68-60(49)84;1-5(2,3)4/h8-10,14-15,36-39,41-44,46-50,55,73-74H,7,11-13,16-35,62-66H2,1-6H3,(H,67,83)(H,68,84)(H,69,85)(H,70,80)(H,71,82)(H,72,81);(H2,1,2,3,4)/p+1. The highest BCUT2D eigenvalue weighted by atomic mass is 32.3. The summed E-state index contributed by atoms with van der Waals surface area (Å²) in [4.78, 5) is 155. The summed E-state index contributed by atoms with van der Waals surface area (Å²) in [6, 6.07) is 1.94. The van der Waals surface area contributed by atoms with Crippen molar-refractivity contribution in [2.75, 3.05) is 39.3 Å². The third kappa shape index (κ3) is 32.8. The normalized spacial score (nSPS) is 22.6. The fraction of sp³-hybridized carbons (Fsp3) is 0.721. The van der Waals surface area contributed by atoms with Crippen LogP contribution in [0.25, 0.3) is 0 Å². The molecule has 512 valence electrons. The number of carbonyl (C=O) groups excluding carboxylic acids is 11. The molecule has 1 heterocycles. The zero-order valence-corrected chi connectivity index (χ0v) is 54.2. The molecule has 1 saturated heterocycles. The van der Waals surface area contributed by atoms with E-state index < -0.39 is 167 Å². The molecular formula is C61H106N11O17S+. The third-order valence-electron chi connectivity index (χ3n) is 15.8. The summed E-state index contributed by atoms with van der Waals surface area (Å²) in [5.74, 6) is -12.7. The van der Waals surface area contributed by atoms with Gasteiger partial charge in [0.05, 0.1) is 30.2 Å². The zero-order valence-electron chi connectivity index (χ0n) is 53.4. The summed E-state index contributed by atoms with van der Waals surface area (Å²) >= 11 is 0. The molecule has 28 nitrogen and oxygen atoms in total. The van der Waals surface area contributed by atoms with Gasteiger partial charge in [0.25, 0.3) is 0 Å². The van der Waals surface area contributed by atoms with Crippen LogP contribution in [-0.2, 0) is 69.6 Å². The lowest BCUT2D eigenvalue weighted by Crippen LogP contribution is -2.55. The SMILES string of the molecule is CCC(C)CCCCC(=O)CC(CCN)C(=O)NC(C(=O)CC(CCN)C(=O)NC1CCNC(=O)C(C(C)O)CC(=O)C(CCN)CC(=O)C(CCN)NC(=O)C(CC(C)C)NC(=O)C(Cc2ccccc2)CC(=O)C(CCN)NC1=O)C(C)O.O=S(=O)(O)[OH2+]. The monoisotopic (exact) mass is 1300 g/mol. The first kappa shape index (κ1) is 82.0. The Bertz CT molecular complexity index is 2550. The van der Waals surface area contributed by atoms with Crippen LogP contribution in [-0.4, -0.2) is 174 Å². The minimum Gasteiger partial charge on any atom is -0.393 e. The molecule has 2 rings (SSSR count). The predicted molar refractivity (Wildman–Crippen MR) is 337 cm³/mol. The molecule has 21 N–H and O–H groups in total. The summed E-state index contributed by atoms with van der Waals surface area (Å²) in [6.07, 6.45) is -1.62. The molecule has 0 radical (unpaired) electrons. The lowest BCUT2D eigenvalue weighted by Gasteiger charge is -2.28. The summed E-state index contributed by atoms with van der Waals surface area (Å²) < 4.78 is 30.3. The number of Topliss-reactive ketones (excluding diaryl/α,β-unsaturated/α-hetero) is 5. The summed E-state index contributed by atoms with van der Waals surface area (Å²) in [5.41, 5.74) is 30.3. The molecular weight excluding hydrogens is 1190 g/mol. The number of aliphatic hydroxyl groups excluding tert-OH is 2. The Kier molecular flexibility index (Phi) is 39.8. The van der Waals surface area contributed by atoms with Crippen LogP contribution in [0.1, 0.15) is 156 Å². The van der Waals surface area contributed by atoms with Crippen molar-refractivity contribution in [1.29, 1.82) is 0 Å². The van der Waals surface area contributed by atoms with E-state index in [1.54, 1.807) is 30.3 Å². The number of unbranched alkanes of at least 4 members (excludes halogenated alkanes) is 1. The van der Waals surface area contributed by atoms with Crippen LogP contribution < -0.4 is 60.6 Å². The van der Waals surface area contributed by atoms with E-state index in [0.29, 0.717) is 17.9 Å². The average Bonchev–Trinajstić information content (AvgIpc) is 1.33. The van der Waals surface area contributed by atoms with Crippen LogP contribution in [0.2, 0.25) is 0 Å². The highest BCUT2D eigenvalue weighted by Crippen LogP contribution is 2.23. The number of aliphatic hydroxyl groups is 2. The Hall–Kier alpha value is -6.02. The molecule has 1 aliphatic heterocycles. The van der Waals surface area contributed by atoms with Crippen molar-refractivity contribution in [2.45, 2.75) is 200 Å². The topological polar surface area (TPSA) is 508 Å². The van der Waals surface area contributed by atoms with Crippen molar-refractivity contribution >= 4 is 74.8 Å². The molecule has 0 aliphatic carbocycles. The lowest BCUT2D eigenvalue weighted by atomic mass is 9.85. The number of hydrogen-bond donors (Lipinski definition) is 14. The van der Waals surface area contributed by atoms with Crippen LogP contribution in [0.5, 0.6) is 0 Å². The minimum atomic E-state index is -4.42. The van der Waals surface area contributed by atoms with Crippen LogP contribution in [0.4, 0.5) is 0 Å². The van der Waals surface area contributed by atoms with E-state index in [9.17, 15) is 63.0 Å². The molecule has 13 unspecified atom stereocenters. The fourth-order valence-electron chi connectivity index (χ4n) is 10.5. The average molecular weight is 1300 g/mol. The fourth-order valence-corrected chi connectivity index (χ4v) is 10.5. The number of nitrogens with two attached hydrogens (primary N) is 5. The van der Waals surface area contributed by atoms with Crippen molar-refractivity contribution < 1.29 is 80.5 Å². The predicted octanol–water partition coefficient (Wildman–Crippen LogP) is -1.28. The largest absolute Gasteiger partial charge is 0.526 e. The molecule has 1 fully saturated rings. The number of benzene rings is 1. The maximum absolute atomic E-state index is 14.6.